The van der Waals surface area contributed by atoms with Gasteiger partial charge < -0.3 is 19.9 Å². The summed E-state index contributed by atoms with van der Waals surface area (Å²) in [7, 11) is 0. The van der Waals surface area contributed by atoms with Gasteiger partial charge in [0.1, 0.15) is 5.75 Å². The van der Waals surface area contributed by atoms with Crippen molar-refractivity contribution >= 4 is 17.6 Å². The quantitative estimate of drug-likeness (QED) is 0.820. The molecule has 0 atom stereocenters. The molecule has 8 heteroatoms. The fraction of sp³-hybridized carbons (Fsp3) is 0.389. The summed E-state index contributed by atoms with van der Waals surface area (Å²) in [6, 6.07) is 6.86. The first-order valence-corrected chi connectivity index (χ1v) is 8.42. The van der Waals surface area contributed by atoms with Gasteiger partial charge in [0.15, 0.2) is 6.61 Å². The maximum Gasteiger partial charge on any atom is 0.341 e. The van der Waals surface area contributed by atoms with Gasteiger partial charge in [-0.1, -0.05) is 6.07 Å². The molecular weight excluding hydrogens is 338 g/mol. The predicted octanol–water partition coefficient (Wildman–Crippen LogP) is 2.26. The maximum atomic E-state index is 12.6. The van der Waals surface area contributed by atoms with Crippen LogP contribution >= 0.6 is 0 Å². The molecule has 138 valence electrons. The van der Waals surface area contributed by atoms with Crippen LogP contribution in [-0.4, -0.2) is 46.6 Å². The lowest BCUT2D eigenvalue weighted by atomic mass is 10.1. The van der Waals surface area contributed by atoms with Gasteiger partial charge in [-0.25, -0.2) is 4.79 Å². The highest BCUT2D eigenvalue weighted by atomic mass is 16.5. The van der Waals surface area contributed by atoms with Crippen molar-refractivity contribution < 1.29 is 24.2 Å². The molecule has 26 heavy (non-hydrogen) atoms. The molecule has 1 saturated heterocycles. The third kappa shape index (κ3) is 4.20. The SMILES string of the molecule is Cc1c(C(=O)Nc2cccc(OCC(=O)O)c2)cnn1C1CCOCC1. The van der Waals surface area contributed by atoms with E-state index in [-0.39, 0.29) is 11.9 Å². The van der Waals surface area contributed by atoms with Crippen LogP contribution in [0.15, 0.2) is 30.5 Å². The van der Waals surface area contributed by atoms with Crippen LogP contribution in [0.5, 0.6) is 5.75 Å². The van der Waals surface area contributed by atoms with Gasteiger partial charge in [0.25, 0.3) is 5.91 Å². The minimum atomic E-state index is -1.06. The Bertz CT molecular complexity index is 796. The highest BCUT2D eigenvalue weighted by molar-refractivity contribution is 6.05. The van der Waals surface area contributed by atoms with Crippen LogP contribution in [0.25, 0.3) is 0 Å². The molecule has 1 aromatic carbocycles. The number of benzene rings is 1. The Morgan fingerprint density at radius 3 is 2.88 bits per heavy atom. The first kappa shape index (κ1) is 17.9. The lowest BCUT2D eigenvalue weighted by Gasteiger charge is -2.23. The van der Waals surface area contributed by atoms with Crippen molar-refractivity contribution in [2.75, 3.05) is 25.1 Å². The van der Waals surface area contributed by atoms with Gasteiger partial charge in [0, 0.05) is 30.7 Å². The first-order valence-electron chi connectivity index (χ1n) is 8.42. The van der Waals surface area contributed by atoms with Crippen molar-refractivity contribution in [1.29, 1.82) is 0 Å². The van der Waals surface area contributed by atoms with Gasteiger partial charge in [-0.3, -0.25) is 9.48 Å². The molecule has 1 aliphatic rings. The number of carbonyl (C=O) groups is 2. The number of carbonyl (C=O) groups excluding carboxylic acids is 1. The molecule has 1 fully saturated rings. The van der Waals surface area contributed by atoms with Gasteiger partial charge >= 0.3 is 5.97 Å². The van der Waals surface area contributed by atoms with Crippen molar-refractivity contribution in [3.63, 3.8) is 0 Å². The number of anilines is 1. The highest BCUT2D eigenvalue weighted by Gasteiger charge is 2.22. The topological polar surface area (TPSA) is 103 Å². The third-order valence-corrected chi connectivity index (χ3v) is 4.28. The summed E-state index contributed by atoms with van der Waals surface area (Å²) in [6.07, 6.45) is 3.34. The van der Waals surface area contributed by atoms with E-state index >= 15 is 0 Å². The number of rotatable bonds is 6. The summed E-state index contributed by atoms with van der Waals surface area (Å²) < 4.78 is 12.4. The molecule has 1 aliphatic heterocycles. The normalized spacial score (nSPS) is 14.8. The maximum absolute atomic E-state index is 12.6. The molecule has 2 aromatic rings. The second kappa shape index (κ2) is 8.01. The summed E-state index contributed by atoms with van der Waals surface area (Å²) in [4.78, 5) is 23.2. The van der Waals surface area contributed by atoms with Gasteiger partial charge in [-0.2, -0.15) is 5.10 Å². The fourth-order valence-electron chi connectivity index (χ4n) is 2.95. The molecule has 0 saturated carbocycles. The number of nitrogens with zero attached hydrogens (tertiary/aromatic N) is 2. The predicted molar refractivity (Wildman–Crippen MR) is 93.6 cm³/mol. The standard InChI is InChI=1S/C18H21N3O5/c1-12-16(10-19-21(12)14-5-7-25-8-6-14)18(24)20-13-3-2-4-15(9-13)26-11-17(22)23/h2-4,9-10,14H,5-8,11H2,1H3,(H,20,24)(H,22,23). The molecule has 1 aromatic heterocycles. The van der Waals surface area contributed by atoms with Crippen molar-refractivity contribution in [2.45, 2.75) is 25.8 Å². The fourth-order valence-corrected chi connectivity index (χ4v) is 2.95. The van der Waals surface area contributed by atoms with Crippen LogP contribution in [0.3, 0.4) is 0 Å². The van der Waals surface area contributed by atoms with E-state index < -0.39 is 12.6 Å². The average molecular weight is 359 g/mol. The molecule has 0 radical (unpaired) electrons. The van der Waals surface area contributed by atoms with Crippen LogP contribution in [0.4, 0.5) is 5.69 Å². The van der Waals surface area contributed by atoms with Crippen LogP contribution in [0, 0.1) is 6.92 Å². The Morgan fingerprint density at radius 2 is 2.15 bits per heavy atom. The van der Waals surface area contributed by atoms with E-state index in [0.717, 1.165) is 18.5 Å². The molecule has 2 N–H and O–H groups in total. The summed E-state index contributed by atoms with van der Waals surface area (Å²) in [5.74, 6) is -0.952. The van der Waals surface area contributed by atoms with Crippen LogP contribution in [0.2, 0.25) is 0 Å². The number of ether oxygens (including phenoxy) is 2. The van der Waals surface area contributed by atoms with Crippen molar-refractivity contribution in [3.05, 3.63) is 41.7 Å². The Labute approximate surface area is 150 Å². The van der Waals surface area contributed by atoms with E-state index in [4.69, 9.17) is 14.6 Å². The Balaban J connectivity index is 1.69. The van der Waals surface area contributed by atoms with Gasteiger partial charge in [-0.15, -0.1) is 0 Å². The van der Waals surface area contributed by atoms with Gasteiger partial charge in [0.2, 0.25) is 0 Å². The molecule has 0 spiro atoms. The van der Waals surface area contributed by atoms with E-state index in [2.05, 4.69) is 10.4 Å². The van der Waals surface area contributed by atoms with Crippen LogP contribution in [-0.2, 0) is 9.53 Å². The minimum absolute atomic E-state index is 0.248. The third-order valence-electron chi connectivity index (χ3n) is 4.28. The van der Waals surface area contributed by atoms with Crippen molar-refractivity contribution in [1.82, 2.24) is 9.78 Å². The number of aromatic nitrogens is 2. The Kier molecular flexibility index (Phi) is 5.52. The Morgan fingerprint density at radius 1 is 1.38 bits per heavy atom. The number of hydrogen-bond donors (Lipinski definition) is 2. The molecule has 0 aliphatic carbocycles. The molecule has 8 nitrogen and oxygen atoms in total. The Hall–Kier alpha value is -2.87. The lowest BCUT2D eigenvalue weighted by molar-refractivity contribution is -0.139. The summed E-state index contributed by atoms with van der Waals surface area (Å²) in [5.41, 5.74) is 1.84. The van der Waals surface area contributed by atoms with Gasteiger partial charge in [-0.05, 0) is 31.9 Å². The van der Waals surface area contributed by atoms with E-state index in [1.807, 2.05) is 11.6 Å². The molecule has 3 rings (SSSR count). The molecule has 0 unspecified atom stereocenters. The number of carboxylic acid groups (broad SMARTS) is 1. The average Bonchev–Trinajstić information content (AvgIpc) is 3.02. The zero-order chi connectivity index (χ0) is 18.5. The number of nitrogens with one attached hydrogen (secondary N) is 1. The second-order valence-corrected chi connectivity index (χ2v) is 6.10. The first-order chi connectivity index (χ1) is 12.5. The number of aliphatic carboxylic acids is 1. The molecule has 1 amide bonds. The minimum Gasteiger partial charge on any atom is -0.482 e. The molecular formula is C18H21N3O5. The van der Waals surface area contributed by atoms with Crippen LogP contribution < -0.4 is 10.1 Å². The van der Waals surface area contributed by atoms with E-state index in [1.54, 1.807) is 30.5 Å². The van der Waals surface area contributed by atoms with Crippen LogP contribution in [0.1, 0.15) is 34.9 Å². The summed E-state index contributed by atoms with van der Waals surface area (Å²) >= 11 is 0. The van der Waals surface area contributed by atoms with Gasteiger partial charge in [0.05, 0.1) is 17.8 Å². The second-order valence-electron chi connectivity index (χ2n) is 6.10. The zero-order valence-corrected chi connectivity index (χ0v) is 14.5. The number of carboxylic acids is 1. The van der Waals surface area contributed by atoms with E-state index in [0.29, 0.717) is 30.2 Å². The highest BCUT2D eigenvalue weighted by Crippen LogP contribution is 2.24. The summed E-state index contributed by atoms with van der Waals surface area (Å²) in [6.45, 7) is 2.85. The van der Waals surface area contributed by atoms with Crippen molar-refractivity contribution in [3.8, 4) is 5.75 Å². The summed E-state index contributed by atoms with van der Waals surface area (Å²) in [5, 5.41) is 15.8. The zero-order valence-electron chi connectivity index (χ0n) is 14.5. The number of amides is 1. The molecule has 2 heterocycles. The largest absolute Gasteiger partial charge is 0.482 e. The lowest BCUT2D eigenvalue weighted by Crippen LogP contribution is -2.22. The van der Waals surface area contributed by atoms with E-state index in [9.17, 15) is 9.59 Å². The van der Waals surface area contributed by atoms with Crippen molar-refractivity contribution in [2.24, 2.45) is 0 Å². The number of hydrogen-bond acceptors (Lipinski definition) is 5. The monoisotopic (exact) mass is 359 g/mol. The van der Waals surface area contributed by atoms with E-state index in [1.165, 1.54) is 0 Å². The smallest absolute Gasteiger partial charge is 0.341 e. The molecule has 0 bridgehead atoms.